The van der Waals surface area contributed by atoms with Gasteiger partial charge in [0, 0.05) is 32.7 Å². The summed E-state index contributed by atoms with van der Waals surface area (Å²) < 4.78 is 0. The van der Waals surface area contributed by atoms with Crippen molar-refractivity contribution in [2.45, 2.75) is 6.54 Å². The molecule has 0 atom stereocenters. The molecule has 0 aliphatic carbocycles. The van der Waals surface area contributed by atoms with E-state index >= 15 is 0 Å². The highest BCUT2D eigenvalue weighted by molar-refractivity contribution is 5.26. The van der Waals surface area contributed by atoms with Gasteiger partial charge < -0.3 is 16.6 Å². The number of benzene rings is 1. The molecule has 0 fully saturated rings. The lowest BCUT2D eigenvalue weighted by Gasteiger charge is -2.20. The van der Waals surface area contributed by atoms with Crippen molar-refractivity contribution in [3.63, 3.8) is 0 Å². The van der Waals surface area contributed by atoms with Crippen molar-refractivity contribution >= 4 is 0 Å². The van der Waals surface area contributed by atoms with Crippen LogP contribution in [0.4, 0.5) is 0 Å². The number of hydrogen-bond donors (Lipinski definition) is 3. The molecule has 0 aromatic heterocycles. The van der Waals surface area contributed by atoms with Crippen LogP contribution in [0.15, 0.2) is 24.3 Å². The van der Waals surface area contributed by atoms with E-state index in [4.69, 9.17) is 11.5 Å². The zero-order valence-electron chi connectivity index (χ0n) is 8.89. The molecule has 15 heavy (non-hydrogen) atoms. The highest BCUT2D eigenvalue weighted by Crippen LogP contribution is 2.12. The van der Waals surface area contributed by atoms with Gasteiger partial charge in [0.2, 0.25) is 0 Å². The van der Waals surface area contributed by atoms with E-state index in [1.807, 2.05) is 12.1 Å². The Kier molecular flexibility index (Phi) is 5.10. The molecule has 0 unspecified atom stereocenters. The molecule has 4 nitrogen and oxygen atoms in total. The second kappa shape index (κ2) is 6.40. The first-order valence-corrected chi connectivity index (χ1v) is 5.16. The van der Waals surface area contributed by atoms with Crippen molar-refractivity contribution < 1.29 is 5.11 Å². The Balaban J connectivity index is 2.56. The van der Waals surface area contributed by atoms with Crippen LogP contribution in [0.5, 0.6) is 5.75 Å². The number of aromatic hydroxyl groups is 1. The van der Waals surface area contributed by atoms with Crippen LogP contribution in [0, 0.1) is 0 Å². The maximum atomic E-state index is 9.32. The summed E-state index contributed by atoms with van der Waals surface area (Å²) in [4.78, 5) is 2.18. The van der Waals surface area contributed by atoms with Gasteiger partial charge in [-0.3, -0.25) is 4.90 Å². The molecule has 0 saturated carbocycles. The first-order chi connectivity index (χ1) is 7.26. The first kappa shape index (κ1) is 12.0. The summed E-state index contributed by atoms with van der Waals surface area (Å²) in [7, 11) is 0. The Labute approximate surface area is 90.5 Å². The standard InChI is InChI=1S/C11H19N3O/c12-4-6-14(7-5-13)9-10-2-1-3-11(15)8-10/h1-3,8,15H,4-7,9,12-13H2. The Morgan fingerprint density at radius 2 is 1.80 bits per heavy atom. The van der Waals surface area contributed by atoms with Gasteiger partial charge in [0.05, 0.1) is 0 Å². The molecule has 1 rings (SSSR count). The lowest BCUT2D eigenvalue weighted by atomic mass is 10.2. The summed E-state index contributed by atoms with van der Waals surface area (Å²) >= 11 is 0. The minimum Gasteiger partial charge on any atom is -0.508 e. The van der Waals surface area contributed by atoms with Crippen LogP contribution >= 0.6 is 0 Å². The molecule has 0 saturated heterocycles. The molecule has 0 spiro atoms. The number of nitrogens with zero attached hydrogens (tertiary/aromatic N) is 1. The smallest absolute Gasteiger partial charge is 0.115 e. The maximum Gasteiger partial charge on any atom is 0.115 e. The van der Waals surface area contributed by atoms with Gasteiger partial charge in [-0.25, -0.2) is 0 Å². The molecule has 4 heteroatoms. The van der Waals surface area contributed by atoms with Gasteiger partial charge in [-0.15, -0.1) is 0 Å². The second-order valence-corrected chi connectivity index (χ2v) is 3.52. The molecule has 0 bridgehead atoms. The van der Waals surface area contributed by atoms with Crippen LogP contribution < -0.4 is 11.5 Å². The second-order valence-electron chi connectivity index (χ2n) is 3.52. The van der Waals surface area contributed by atoms with Gasteiger partial charge in [-0.1, -0.05) is 12.1 Å². The molecule has 84 valence electrons. The van der Waals surface area contributed by atoms with Gasteiger partial charge in [-0.2, -0.15) is 0 Å². The van der Waals surface area contributed by atoms with Crippen molar-refractivity contribution in [1.82, 2.24) is 4.90 Å². The molecule has 0 amide bonds. The van der Waals surface area contributed by atoms with Crippen molar-refractivity contribution in [2.24, 2.45) is 11.5 Å². The molecule has 0 heterocycles. The average Bonchev–Trinajstić information content (AvgIpc) is 2.18. The van der Waals surface area contributed by atoms with Crippen LogP contribution in [-0.2, 0) is 6.54 Å². The minimum atomic E-state index is 0.299. The molecule has 1 aromatic carbocycles. The largest absolute Gasteiger partial charge is 0.508 e. The zero-order chi connectivity index (χ0) is 11.1. The quantitative estimate of drug-likeness (QED) is 0.621. The number of nitrogens with two attached hydrogens (primary N) is 2. The van der Waals surface area contributed by atoms with E-state index in [2.05, 4.69) is 4.90 Å². The third-order valence-electron chi connectivity index (χ3n) is 2.21. The summed E-state index contributed by atoms with van der Waals surface area (Å²) in [5, 5.41) is 9.32. The Morgan fingerprint density at radius 3 is 2.33 bits per heavy atom. The lowest BCUT2D eigenvalue weighted by molar-refractivity contribution is 0.280. The van der Waals surface area contributed by atoms with Crippen molar-refractivity contribution in [2.75, 3.05) is 26.2 Å². The lowest BCUT2D eigenvalue weighted by Crippen LogP contribution is -2.33. The summed E-state index contributed by atoms with van der Waals surface area (Å²) in [5.74, 6) is 0.299. The monoisotopic (exact) mass is 209 g/mol. The van der Waals surface area contributed by atoms with Crippen LogP contribution in [0.1, 0.15) is 5.56 Å². The van der Waals surface area contributed by atoms with Gasteiger partial charge >= 0.3 is 0 Å². The van der Waals surface area contributed by atoms with Crippen molar-refractivity contribution in [3.05, 3.63) is 29.8 Å². The summed E-state index contributed by atoms with van der Waals surface area (Å²) in [6, 6.07) is 7.26. The number of phenols is 1. The van der Waals surface area contributed by atoms with Gasteiger partial charge in [0.1, 0.15) is 5.75 Å². The molecule has 0 radical (unpaired) electrons. The predicted octanol–water partition coefficient (Wildman–Crippen LogP) is 0.112. The number of phenolic OH excluding ortho intramolecular Hbond substituents is 1. The fourth-order valence-electron chi connectivity index (χ4n) is 1.55. The van der Waals surface area contributed by atoms with Crippen molar-refractivity contribution in [3.8, 4) is 5.75 Å². The van der Waals surface area contributed by atoms with E-state index in [1.54, 1.807) is 12.1 Å². The summed E-state index contributed by atoms with van der Waals surface area (Å²) in [6.45, 7) is 3.68. The maximum absolute atomic E-state index is 9.32. The van der Waals surface area contributed by atoms with Crippen LogP contribution in [0.25, 0.3) is 0 Å². The van der Waals surface area contributed by atoms with Crippen LogP contribution in [0.2, 0.25) is 0 Å². The first-order valence-electron chi connectivity index (χ1n) is 5.16. The summed E-state index contributed by atoms with van der Waals surface area (Å²) in [5.41, 5.74) is 12.1. The molecular formula is C11H19N3O. The Hall–Kier alpha value is -1.10. The molecule has 5 N–H and O–H groups in total. The van der Waals surface area contributed by atoms with E-state index in [-0.39, 0.29) is 0 Å². The normalized spacial score (nSPS) is 10.9. The fraction of sp³-hybridized carbons (Fsp3) is 0.455. The highest BCUT2D eigenvalue weighted by atomic mass is 16.3. The Morgan fingerprint density at radius 1 is 1.13 bits per heavy atom. The van der Waals surface area contributed by atoms with Crippen LogP contribution in [0.3, 0.4) is 0 Å². The third-order valence-corrected chi connectivity index (χ3v) is 2.21. The molecule has 0 aliphatic heterocycles. The van der Waals surface area contributed by atoms with Crippen LogP contribution in [-0.4, -0.2) is 36.2 Å². The topological polar surface area (TPSA) is 75.5 Å². The SMILES string of the molecule is NCCN(CCN)Cc1cccc(O)c1. The van der Waals surface area contributed by atoms with Crippen molar-refractivity contribution in [1.29, 1.82) is 0 Å². The molecule has 0 aliphatic rings. The minimum absolute atomic E-state index is 0.299. The fourth-order valence-corrected chi connectivity index (χ4v) is 1.55. The highest BCUT2D eigenvalue weighted by Gasteiger charge is 2.04. The molecular weight excluding hydrogens is 190 g/mol. The van der Waals surface area contributed by atoms with E-state index in [0.717, 1.165) is 25.2 Å². The van der Waals surface area contributed by atoms with Gasteiger partial charge in [0.15, 0.2) is 0 Å². The third kappa shape index (κ3) is 4.29. The number of rotatable bonds is 6. The molecule has 1 aromatic rings. The predicted molar refractivity (Wildman–Crippen MR) is 61.5 cm³/mol. The van der Waals surface area contributed by atoms with E-state index in [1.165, 1.54) is 0 Å². The van der Waals surface area contributed by atoms with E-state index in [0.29, 0.717) is 18.8 Å². The zero-order valence-corrected chi connectivity index (χ0v) is 8.89. The number of hydrogen-bond acceptors (Lipinski definition) is 4. The van der Waals surface area contributed by atoms with E-state index in [9.17, 15) is 5.11 Å². The summed E-state index contributed by atoms with van der Waals surface area (Å²) in [6.07, 6.45) is 0. The van der Waals surface area contributed by atoms with Gasteiger partial charge in [-0.05, 0) is 17.7 Å². The van der Waals surface area contributed by atoms with Gasteiger partial charge in [0.25, 0.3) is 0 Å². The average molecular weight is 209 g/mol. The Bertz CT molecular complexity index is 285. The van der Waals surface area contributed by atoms with E-state index < -0.39 is 0 Å².